The lowest BCUT2D eigenvalue weighted by Crippen LogP contribution is -1.93. The Labute approximate surface area is 274 Å². The molecule has 0 saturated heterocycles. The van der Waals surface area contributed by atoms with E-state index < -0.39 is 0 Å². The number of nitrogens with zero attached hydrogens (tertiary/aromatic N) is 6. The van der Waals surface area contributed by atoms with Crippen molar-refractivity contribution in [3.05, 3.63) is 72.8 Å². The van der Waals surface area contributed by atoms with E-state index >= 15 is 0 Å². The highest BCUT2D eigenvalue weighted by Gasteiger charge is 2.25. The third-order valence-corrected chi connectivity index (χ3v) is 9.02. The van der Waals surface area contributed by atoms with Crippen LogP contribution in [0.15, 0.2) is 72.8 Å². The standard InChI is InChI=1S/C36H30N12/c1-37-21-13-5-9-17-25(21)33-41-29(17)46-34-27-19(11-7-15-23(27)39-3)31(43-34)48-36-28-20(12-8-16-24(28)40-4)32(44-36)47-35-26-18(30(42-35)45-33)10-6-14-22(26)38-2/h5-16,37-40H,1-4H3,(H2,41,42,43,44,45,46,47,48). The SMILES string of the molecule is CNc1cccc2c1-c1nc-2nc2[nH]c(nc3nc(nc4[nH]c(n1)c1cccc(NC)c41)-c1cccc(NC)c1-3)c1cccc(NC)c21. The molecule has 0 fully saturated rings. The zero-order valence-electron chi connectivity index (χ0n) is 26.6. The van der Waals surface area contributed by atoms with E-state index in [2.05, 4.69) is 31.2 Å². The summed E-state index contributed by atoms with van der Waals surface area (Å²) in [5, 5.41) is 16.9. The zero-order valence-corrected chi connectivity index (χ0v) is 26.6. The van der Waals surface area contributed by atoms with Crippen LogP contribution < -0.4 is 21.3 Å². The Hall–Kier alpha value is -6.56. The smallest absolute Gasteiger partial charge is 0.166 e. The number of nitrogens with one attached hydrogen (secondary N) is 6. The van der Waals surface area contributed by atoms with Gasteiger partial charge in [-0.2, -0.15) is 0 Å². The molecule has 0 aliphatic carbocycles. The summed E-state index contributed by atoms with van der Waals surface area (Å²) >= 11 is 0. The van der Waals surface area contributed by atoms with Crippen LogP contribution in [0.1, 0.15) is 0 Å². The van der Waals surface area contributed by atoms with Gasteiger partial charge in [-0.1, -0.05) is 48.5 Å². The number of fused-ring (bicyclic) bond motifs is 20. The molecule has 4 aromatic carbocycles. The van der Waals surface area contributed by atoms with Gasteiger partial charge in [0.1, 0.15) is 22.6 Å². The molecular formula is C36H30N12. The fourth-order valence-corrected chi connectivity index (χ4v) is 6.82. The summed E-state index contributed by atoms with van der Waals surface area (Å²) in [6, 6.07) is 24.2. The van der Waals surface area contributed by atoms with Gasteiger partial charge in [0.25, 0.3) is 0 Å². The maximum Gasteiger partial charge on any atom is 0.166 e. The number of hydrogen-bond acceptors (Lipinski definition) is 10. The normalized spacial score (nSPS) is 11.8. The topological polar surface area (TPSA) is 157 Å². The van der Waals surface area contributed by atoms with Crippen LogP contribution in [0.25, 0.3) is 89.7 Å². The third-order valence-electron chi connectivity index (χ3n) is 9.02. The maximum absolute atomic E-state index is 5.17. The molecule has 6 N–H and O–H groups in total. The van der Waals surface area contributed by atoms with Crippen LogP contribution in [0, 0.1) is 0 Å². The summed E-state index contributed by atoms with van der Waals surface area (Å²) < 4.78 is 0. The molecule has 234 valence electrons. The number of aromatic nitrogens is 8. The first-order chi connectivity index (χ1) is 23.6. The van der Waals surface area contributed by atoms with Gasteiger partial charge in [-0.15, -0.1) is 0 Å². The van der Waals surface area contributed by atoms with Crippen molar-refractivity contribution >= 4 is 66.9 Å². The molecule has 0 saturated carbocycles. The van der Waals surface area contributed by atoms with Gasteiger partial charge >= 0.3 is 0 Å². The van der Waals surface area contributed by atoms with Crippen LogP contribution in [0.2, 0.25) is 0 Å². The average Bonchev–Trinajstić information content (AvgIpc) is 3.86. The van der Waals surface area contributed by atoms with Crippen LogP contribution in [-0.2, 0) is 0 Å². The second-order valence-corrected chi connectivity index (χ2v) is 11.5. The molecule has 0 atom stereocenters. The molecule has 2 aliphatic heterocycles. The predicted octanol–water partition coefficient (Wildman–Crippen LogP) is 7.04. The molecule has 0 unspecified atom stereocenters. The van der Waals surface area contributed by atoms with E-state index in [0.717, 1.165) is 66.5 Å². The van der Waals surface area contributed by atoms with Gasteiger partial charge < -0.3 is 31.2 Å². The van der Waals surface area contributed by atoms with Crippen LogP contribution in [0.5, 0.6) is 0 Å². The van der Waals surface area contributed by atoms with Crippen LogP contribution in [0.4, 0.5) is 22.7 Å². The van der Waals surface area contributed by atoms with Crippen molar-refractivity contribution in [2.75, 3.05) is 49.5 Å². The molecule has 12 nitrogen and oxygen atoms in total. The van der Waals surface area contributed by atoms with Gasteiger partial charge in [0, 0.05) is 72.8 Å². The number of hydrogen-bond donors (Lipinski definition) is 6. The monoisotopic (exact) mass is 630 g/mol. The quantitative estimate of drug-likeness (QED) is 0.119. The van der Waals surface area contributed by atoms with Crippen molar-refractivity contribution in [3.63, 3.8) is 0 Å². The first-order valence-corrected chi connectivity index (χ1v) is 15.7. The summed E-state index contributed by atoms with van der Waals surface area (Å²) in [5.74, 6) is 2.17. The Morgan fingerprint density at radius 2 is 0.771 bits per heavy atom. The first-order valence-electron chi connectivity index (χ1n) is 15.7. The summed E-state index contributed by atoms with van der Waals surface area (Å²) in [6.45, 7) is 0. The third kappa shape index (κ3) is 3.95. The number of benzene rings is 4. The maximum atomic E-state index is 5.17. The molecule has 48 heavy (non-hydrogen) atoms. The molecule has 0 radical (unpaired) electrons. The van der Waals surface area contributed by atoms with Crippen molar-refractivity contribution in [1.82, 2.24) is 39.9 Å². The molecule has 12 heteroatoms. The van der Waals surface area contributed by atoms with E-state index in [1.54, 1.807) is 0 Å². The summed E-state index contributed by atoms with van der Waals surface area (Å²) in [7, 11) is 7.60. The van der Waals surface area contributed by atoms with Crippen molar-refractivity contribution in [1.29, 1.82) is 0 Å². The van der Waals surface area contributed by atoms with Gasteiger partial charge in [-0.3, -0.25) is 0 Å². The Bertz CT molecular complexity index is 2450. The molecule has 5 heterocycles. The van der Waals surface area contributed by atoms with E-state index in [1.807, 2.05) is 101 Å². The Balaban J connectivity index is 1.53. The van der Waals surface area contributed by atoms with Crippen LogP contribution in [-0.4, -0.2) is 68.1 Å². The molecule has 9 rings (SSSR count). The minimum absolute atomic E-state index is 0.540. The molecule has 0 amide bonds. The molecule has 3 aromatic heterocycles. The fraction of sp³-hybridized carbons (Fsp3) is 0.111. The number of H-pyrrole nitrogens is 2. The minimum atomic E-state index is 0.540. The molecule has 0 spiro atoms. The van der Waals surface area contributed by atoms with Gasteiger partial charge in [-0.25, -0.2) is 29.9 Å². The number of rotatable bonds is 4. The lowest BCUT2D eigenvalue weighted by Gasteiger charge is -2.06. The second-order valence-electron chi connectivity index (χ2n) is 11.5. The zero-order chi connectivity index (χ0) is 32.5. The van der Waals surface area contributed by atoms with E-state index in [1.165, 1.54) is 0 Å². The van der Waals surface area contributed by atoms with Gasteiger partial charge in [0.2, 0.25) is 0 Å². The van der Waals surface area contributed by atoms with E-state index in [4.69, 9.17) is 29.9 Å². The van der Waals surface area contributed by atoms with E-state index in [0.29, 0.717) is 45.9 Å². The Morgan fingerprint density at radius 1 is 0.396 bits per heavy atom. The lowest BCUT2D eigenvalue weighted by atomic mass is 10.1. The molecule has 8 bridgehead atoms. The largest absolute Gasteiger partial charge is 0.388 e. The first kappa shape index (κ1) is 27.7. The van der Waals surface area contributed by atoms with Gasteiger partial charge in [0.05, 0.1) is 21.9 Å². The van der Waals surface area contributed by atoms with Crippen molar-refractivity contribution < 1.29 is 0 Å². The molecular weight excluding hydrogens is 600 g/mol. The van der Waals surface area contributed by atoms with Gasteiger partial charge in [-0.05, 0) is 24.3 Å². The number of aromatic amines is 2. The van der Waals surface area contributed by atoms with E-state index in [-0.39, 0.29) is 0 Å². The number of anilines is 4. The van der Waals surface area contributed by atoms with Gasteiger partial charge in [0.15, 0.2) is 23.3 Å². The van der Waals surface area contributed by atoms with Crippen molar-refractivity contribution in [2.24, 2.45) is 0 Å². The average molecular weight is 631 g/mol. The molecule has 2 aliphatic rings. The highest BCUT2D eigenvalue weighted by Crippen LogP contribution is 2.42. The minimum Gasteiger partial charge on any atom is -0.388 e. The Morgan fingerprint density at radius 3 is 1.19 bits per heavy atom. The van der Waals surface area contributed by atoms with Crippen molar-refractivity contribution in [3.8, 4) is 45.6 Å². The highest BCUT2D eigenvalue weighted by molar-refractivity contribution is 6.13. The summed E-state index contributed by atoms with van der Waals surface area (Å²) in [5.41, 5.74) is 9.63. The summed E-state index contributed by atoms with van der Waals surface area (Å²) in [6.07, 6.45) is 0. The predicted molar refractivity (Wildman–Crippen MR) is 194 cm³/mol. The van der Waals surface area contributed by atoms with Crippen LogP contribution in [0.3, 0.4) is 0 Å². The lowest BCUT2D eigenvalue weighted by molar-refractivity contribution is 1.19. The van der Waals surface area contributed by atoms with E-state index in [9.17, 15) is 0 Å². The van der Waals surface area contributed by atoms with Crippen molar-refractivity contribution in [2.45, 2.75) is 0 Å². The van der Waals surface area contributed by atoms with Crippen LogP contribution >= 0.6 is 0 Å². The second kappa shape index (κ2) is 10.5. The summed E-state index contributed by atoms with van der Waals surface area (Å²) in [4.78, 5) is 37.8. The highest BCUT2D eigenvalue weighted by atomic mass is 15.1. The Kier molecular flexibility index (Phi) is 6.06. The molecule has 7 aromatic rings. The fourth-order valence-electron chi connectivity index (χ4n) is 6.82.